The van der Waals surface area contributed by atoms with E-state index in [1.165, 1.54) is 11.3 Å². The monoisotopic (exact) mass is 360 g/mol. The molecule has 0 saturated carbocycles. The van der Waals surface area contributed by atoms with Gasteiger partial charge in [0.2, 0.25) is 5.91 Å². The van der Waals surface area contributed by atoms with Gasteiger partial charge in [0.1, 0.15) is 0 Å². The summed E-state index contributed by atoms with van der Waals surface area (Å²) in [4.78, 5) is 24.6. The smallest absolute Gasteiger partial charge is 0.220 e. The molecule has 1 saturated heterocycles. The second-order valence-corrected chi connectivity index (χ2v) is 6.81. The maximum atomic E-state index is 12.0. The van der Waals surface area contributed by atoms with E-state index < -0.39 is 0 Å². The van der Waals surface area contributed by atoms with Crippen molar-refractivity contribution in [2.24, 2.45) is 5.41 Å². The first-order valence-electron chi connectivity index (χ1n) is 7.68. The molecular formula is C16H25ClN2O3S. The summed E-state index contributed by atoms with van der Waals surface area (Å²) in [5.74, 6) is -0.0162. The third-order valence-electron chi connectivity index (χ3n) is 4.15. The van der Waals surface area contributed by atoms with Crippen molar-refractivity contribution in [3.05, 3.63) is 22.4 Å². The number of hydrogen-bond donors (Lipinski definition) is 2. The molecule has 7 heteroatoms. The van der Waals surface area contributed by atoms with Gasteiger partial charge in [-0.05, 0) is 37.4 Å². The zero-order valence-corrected chi connectivity index (χ0v) is 15.1. The van der Waals surface area contributed by atoms with Crippen LogP contribution in [0.4, 0.5) is 0 Å². The van der Waals surface area contributed by atoms with Gasteiger partial charge < -0.3 is 15.4 Å². The molecule has 23 heavy (non-hydrogen) atoms. The number of carbonyl (C=O) groups is 2. The number of halogens is 1. The van der Waals surface area contributed by atoms with Crippen LogP contribution >= 0.6 is 23.7 Å². The highest BCUT2D eigenvalue weighted by molar-refractivity contribution is 7.12. The lowest BCUT2D eigenvalue weighted by Crippen LogP contribution is -2.47. The second-order valence-electron chi connectivity index (χ2n) is 5.86. The molecule has 0 aromatic carbocycles. The Bertz CT molecular complexity index is 482. The van der Waals surface area contributed by atoms with Gasteiger partial charge in [-0.25, -0.2) is 0 Å². The molecule has 1 fully saturated rings. The van der Waals surface area contributed by atoms with Gasteiger partial charge in [-0.1, -0.05) is 6.07 Å². The molecule has 0 radical (unpaired) electrons. The average Bonchev–Trinajstić information content (AvgIpc) is 3.06. The Morgan fingerprint density at radius 3 is 2.70 bits per heavy atom. The minimum absolute atomic E-state index is 0. The number of carbonyl (C=O) groups excluding carboxylic acids is 2. The molecule has 2 N–H and O–H groups in total. The highest BCUT2D eigenvalue weighted by Crippen LogP contribution is 2.28. The summed E-state index contributed by atoms with van der Waals surface area (Å²) in [7, 11) is 1.70. The van der Waals surface area contributed by atoms with Gasteiger partial charge >= 0.3 is 0 Å². The number of ether oxygens (including phenoxy) is 1. The van der Waals surface area contributed by atoms with Crippen LogP contribution in [0.25, 0.3) is 0 Å². The third-order valence-corrected chi connectivity index (χ3v) is 5.06. The summed E-state index contributed by atoms with van der Waals surface area (Å²) in [6, 6.07) is 3.65. The molecule has 0 aliphatic carbocycles. The van der Waals surface area contributed by atoms with Gasteiger partial charge in [-0.3, -0.25) is 9.59 Å². The van der Waals surface area contributed by atoms with E-state index in [9.17, 15) is 9.59 Å². The van der Waals surface area contributed by atoms with E-state index in [1.54, 1.807) is 13.2 Å². The maximum Gasteiger partial charge on any atom is 0.220 e. The van der Waals surface area contributed by atoms with Crippen molar-refractivity contribution in [2.75, 3.05) is 33.4 Å². The maximum absolute atomic E-state index is 12.0. The zero-order valence-electron chi connectivity index (χ0n) is 13.4. The predicted octanol–water partition coefficient (Wildman–Crippen LogP) is 2.27. The molecule has 2 rings (SSSR count). The Labute approximate surface area is 147 Å². The van der Waals surface area contributed by atoms with Crippen LogP contribution in [0.5, 0.6) is 0 Å². The summed E-state index contributed by atoms with van der Waals surface area (Å²) in [6.07, 6.45) is 2.51. The Morgan fingerprint density at radius 2 is 2.09 bits per heavy atom. The van der Waals surface area contributed by atoms with Crippen LogP contribution in [-0.2, 0) is 9.53 Å². The summed E-state index contributed by atoms with van der Waals surface area (Å²) in [6.45, 7) is 3.18. The van der Waals surface area contributed by atoms with E-state index in [2.05, 4.69) is 10.6 Å². The van der Waals surface area contributed by atoms with Crippen LogP contribution in [0.3, 0.4) is 0 Å². The van der Waals surface area contributed by atoms with Gasteiger partial charge in [0, 0.05) is 31.9 Å². The topological polar surface area (TPSA) is 67.4 Å². The van der Waals surface area contributed by atoms with Crippen molar-refractivity contribution < 1.29 is 14.3 Å². The van der Waals surface area contributed by atoms with Crippen LogP contribution in [0, 0.1) is 5.41 Å². The Kier molecular flexibility index (Phi) is 8.76. The van der Waals surface area contributed by atoms with E-state index in [0.29, 0.717) is 13.2 Å². The molecule has 1 aliphatic heterocycles. The number of piperidine rings is 1. The first kappa shape index (κ1) is 20.1. The quantitative estimate of drug-likeness (QED) is 0.698. The number of thiophene rings is 1. The van der Waals surface area contributed by atoms with E-state index in [4.69, 9.17) is 4.74 Å². The number of Topliss-reactive ketones (excluding diaryl/α,β-unsaturated/α-hetero) is 1. The number of hydrogen-bond acceptors (Lipinski definition) is 5. The van der Waals surface area contributed by atoms with Gasteiger partial charge in [0.25, 0.3) is 0 Å². The van der Waals surface area contributed by atoms with E-state index in [0.717, 1.165) is 30.8 Å². The molecule has 1 aromatic rings. The standard InChI is InChI=1S/C16H24N2O3S.ClH/c1-21-12-16(6-8-17-9-7-16)11-18-15(20)5-4-13(19)14-3-2-10-22-14;/h2-3,10,17H,4-9,11-12H2,1H3,(H,18,20);1H. The molecule has 1 amide bonds. The van der Waals surface area contributed by atoms with E-state index in [1.807, 2.05) is 11.4 Å². The summed E-state index contributed by atoms with van der Waals surface area (Å²) >= 11 is 1.42. The lowest BCUT2D eigenvalue weighted by molar-refractivity contribution is -0.122. The minimum atomic E-state index is -0.0566. The fourth-order valence-electron chi connectivity index (χ4n) is 2.80. The number of nitrogens with one attached hydrogen (secondary N) is 2. The molecule has 0 atom stereocenters. The minimum Gasteiger partial charge on any atom is -0.384 e. The van der Waals surface area contributed by atoms with Crippen LogP contribution < -0.4 is 10.6 Å². The van der Waals surface area contributed by atoms with Crippen molar-refractivity contribution in [3.63, 3.8) is 0 Å². The van der Waals surface area contributed by atoms with Crippen molar-refractivity contribution in [2.45, 2.75) is 25.7 Å². The number of rotatable bonds is 8. The Morgan fingerprint density at radius 1 is 1.35 bits per heavy atom. The third kappa shape index (κ3) is 6.22. The van der Waals surface area contributed by atoms with Crippen molar-refractivity contribution >= 4 is 35.4 Å². The number of ketones is 1. The average molecular weight is 361 g/mol. The highest BCUT2D eigenvalue weighted by atomic mass is 35.5. The number of amides is 1. The van der Waals surface area contributed by atoms with Crippen molar-refractivity contribution in [1.82, 2.24) is 10.6 Å². The largest absolute Gasteiger partial charge is 0.384 e. The molecule has 5 nitrogen and oxygen atoms in total. The second kappa shape index (κ2) is 10.0. The van der Waals surface area contributed by atoms with Gasteiger partial charge in [-0.15, -0.1) is 23.7 Å². The lowest BCUT2D eigenvalue weighted by Gasteiger charge is -2.37. The molecule has 0 bridgehead atoms. The highest BCUT2D eigenvalue weighted by Gasteiger charge is 2.32. The fraction of sp³-hybridized carbons (Fsp3) is 0.625. The van der Waals surface area contributed by atoms with Gasteiger partial charge in [-0.2, -0.15) is 0 Å². The normalized spacial score (nSPS) is 16.4. The summed E-state index contributed by atoms with van der Waals surface area (Å²) in [5.41, 5.74) is 0.0213. The SMILES string of the molecule is COCC1(CNC(=O)CCC(=O)c2cccs2)CCNCC1.Cl. The molecule has 1 aromatic heterocycles. The first-order chi connectivity index (χ1) is 10.7. The van der Waals surface area contributed by atoms with Crippen molar-refractivity contribution in [3.8, 4) is 0 Å². The van der Waals surface area contributed by atoms with Crippen LogP contribution in [0.15, 0.2) is 17.5 Å². The first-order valence-corrected chi connectivity index (χ1v) is 8.56. The number of methoxy groups -OCH3 is 1. The molecule has 0 spiro atoms. The molecule has 130 valence electrons. The fourth-order valence-corrected chi connectivity index (χ4v) is 3.49. The summed E-state index contributed by atoms with van der Waals surface area (Å²) < 4.78 is 5.33. The molecular weight excluding hydrogens is 336 g/mol. The van der Waals surface area contributed by atoms with E-state index in [-0.39, 0.29) is 42.4 Å². The lowest BCUT2D eigenvalue weighted by atomic mass is 9.79. The Hall–Kier alpha value is -0.950. The zero-order chi connectivity index (χ0) is 15.8. The van der Waals surface area contributed by atoms with Crippen molar-refractivity contribution in [1.29, 1.82) is 0 Å². The molecule has 1 aliphatic rings. The molecule has 2 heterocycles. The van der Waals surface area contributed by atoms with E-state index >= 15 is 0 Å². The predicted molar refractivity (Wildman–Crippen MR) is 94.6 cm³/mol. The molecule has 0 unspecified atom stereocenters. The Balaban J connectivity index is 0.00000264. The van der Waals surface area contributed by atoms with Crippen LogP contribution in [0.1, 0.15) is 35.4 Å². The van der Waals surface area contributed by atoms with Crippen LogP contribution in [0.2, 0.25) is 0 Å². The summed E-state index contributed by atoms with van der Waals surface area (Å²) in [5, 5.41) is 8.19. The van der Waals surface area contributed by atoms with Gasteiger partial charge in [0.05, 0.1) is 11.5 Å². The van der Waals surface area contributed by atoms with Gasteiger partial charge in [0.15, 0.2) is 5.78 Å². The van der Waals surface area contributed by atoms with Crippen LogP contribution in [-0.4, -0.2) is 45.0 Å².